The number of thioether (sulfide) groups is 1. The standard InChI is InChI=1S/C17H11ClN2OS2/c18-15-11-14(16(20-19-15)12-7-3-1-4-8-12)21-17(22)23-13-9-5-2-6-10-13/h1-11H. The van der Waals surface area contributed by atoms with Gasteiger partial charge in [0.05, 0.1) is 0 Å². The molecule has 0 bridgehead atoms. The molecule has 0 saturated carbocycles. The molecule has 1 heterocycles. The highest BCUT2D eigenvalue weighted by Gasteiger charge is 2.13. The lowest BCUT2D eigenvalue weighted by Crippen LogP contribution is -2.03. The highest BCUT2D eigenvalue weighted by atomic mass is 35.5. The van der Waals surface area contributed by atoms with Gasteiger partial charge in [0.25, 0.3) is 0 Å². The van der Waals surface area contributed by atoms with Crippen LogP contribution in [0.5, 0.6) is 5.75 Å². The minimum absolute atomic E-state index is 0.257. The molecule has 0 aliphatic carbocycles. The van der Waals surface area contributed by atoms with Crippen LogP contribution in [0.25, 0.3) is 11.3 Å². The summed E-state index contributed by atoms with van der Waals surface area (Å²) in [5, 5.41) is 8.28. The number of ether oxygens (including phenoxy) is 1. The van der Waals surface area contributed by atoms with Gasteiger partial charge in [-0.2, -0.15) is 0 Å². The topological polar surface area (TPSA) is 35.0 Å². The molecule has 6 heteroatoms. The fourth-order valence-corrected chi connectivity index (χ4v) is 3.05. The fraction of sp³-hybridized carbons (Fsp3) is 0. The van der Waals surface area contributed by atoms with E-state index < -0.39 is 0 Å². The number of thiocarbonyl (C=S) groups is 1. The molecule has 0 N–H and O–H groups in total. The summed E-state index contributed by atoms with van der Waals surface area (Å²) in [4.78, 5) is 1.01. The predicted molar refractivity (Wildman–Crippen MR) is 98.0 cm³/mol. The second-order valence-corrected chi connectivity index (χ2v) is 6.58. The Hall–Kier alpha value is -1.95. The second kappa shape index (κ2) is 7.55. The smallest absolute Gasteiger partial charge is 0.230 e. The SMILES string of the molecule is S=C(Oc1cc(Cl)nnc1-c1ccccc1)Sc1ccccc1. The Balaban J connectivity index is 1.85. The van der Waals surface area contributed by atoms with Crippen LogP contribution < -0.4 is 4.74 Å². The lowest BCUT2D eigenvalue weighted by atomic mass is 10.1. The van der Waals surface area contributed by atoms with Crippen LogP contribution in [0.4, 0.5) is 0 Å². The molecule has 3 nitrogen and oxygen atoms in total. The van der Waals surface area contributed by atoms with Crippen molar-refractivity contribution in [2.75, 3.05) is 0 Å². The van der Waals surface area contributed by atoms with E-state index in [4.69, 9.17) is 28.6 Å². The molecule has 0 fully saturated rings. The molecule has 0 amide bonds. The maximum Gasteiger partial charge on any atom is 0.230 e. The van der Waals surface area contributed by atoms with Gasteiger partial charge in [0.2, 0.25) is 4.38 Å². The Labute approximate surface area is 148 Å². The first kappa shape index (κ1) is 15.9. The quantitative estimate of drug-likeness (QED) is 0.471. The summed E-state index contributed by atoms with van der Waals surface area (Å²) in [5.74, 6) is 0.490. The number of aromatic nitrogens is 2. The average molecular weight is 359 g/mol. The van der Waals surface area contributed by atoms with Crippen molar-refractivity contribution in [2.45, 2.75) is 4.90 Å². The van der Waals surface area contributed by atoms with Crippen molar-refractivity contribution >= 4 is 40.0 Å². The van der Waals surface area contributed by atoms with Crippen molar-refractivity contribution in [3.63, 3.8) is 0 Å². The van der Waals surface area contributed by atoms with E-state index in [0.29, 0.717) is 15.8 Å². The largest absolute Gasteiger partial charge is 0.437 e. The Morgan fingerprint density at radius 2 is 1.61 bits per heavy atom. The average Bonchev–Trinajstić information content (AvgIpc) is 2.56. The predicted octanol–water partition coefficient (Wildman–Crippen LogP) is 5.25. The summed E-state index contributed by atoms with van der Waals surface area (Å²) in [7, 11) is 0. The first-order chi connectivity index (χ1) is 11.2. The maximum atomic E-state index is 5.94. The van der Waals surface area contributed by atoms with Gasteiger partial charge in [-0.3, -0.25) is 0 Å². The van der Waals surface area contributed by atoms with Crippen molar-refractivity contribution in [3.8, 4) is 17.0 Å². The van der Waals surface area contributed by atoms with Gasteiger partial charge >= 0.3 is 0 Å². The highest BCUT2D eigenvalue weighted by Crippen LogP contribution is 2.31. The van der Waals surface area contributed by atoms with Crippen molar-refractivity contribution in [2.24, 2.45) is 0 Å². The molecule has 0 saturated heterocycles. The molecular formula is C17H11ClN2OS2. The van der Waals surface area contributed by atoms with Crippen LogP contribution in [0.2, 0.25) is 5.15 Å². The number of halogens is 1. The van der Waals surface area contributed by atoms with Crippen LogP contribution in [0, 0.1) is 0 Å². The van der Waals surface area contributed by atoms with E-state index >= 15 is 0 Å². The van der Waals surface area contributed by atoms with Crippen molar-refractivity contribution < 1.29 is 4.74 Å². The molecule has 0 unspecified atom stereocenters. The van der Waals surface area contributed by atoms with Crippen LogP contribution in [0.1, 0.15) is 0 Å². The van der Waals surface area contributed by atoms with Gasteiger partial charge in [-0.1, -0.05) is 60.1 Å². The fourth-order valence-electron chi connectivity index (χ4n) is 1.92. The molecule has 114 valence electrons. The molecule has 0 aliphatic rings. The number of nitrogens with zero attached hydrogens (tertiary/aromatic N) is 2. The summed E-state index contributed by atoms with van der Waals surface area (Å²) >= 11 is 12.6. The van der Waals surface area contributed by atoms with Gasteiger partial charge < -0.3 is 4.74 Å². The third kappa shape index (κ3) is 4.28. The normalized spacial score (nSPS) is 10.3. The van der Waals surface area contributed by atoms with Gasteiger partial charge in [-0.15, -0.1) is 10.2 Å². The molecule has 23 heavy (non-hydrogen) atoms. The number of hydrogen-bond acceptors (Lipinski definition) is 5. The van der Waals surface area contributed by atoms with Crippen LogP contribution in [0.3, 0.4) is 0 Å². The van der Waals surface area contributed by atoms with Gasteiger partial charge in [0.15, 0.2) is 10.9 Å². The van der Waals surface area contributed by atoms with Crippen LogP contribution in [-0.4, -0.2) is 14.6 Å². The van der Waals surface area contributed by atoms with E-state index in [-0.39, 0.29) is 5.15 Å². The van der Waals surface area contributed by atoms with E-state index in [1.165, 1.54) is 11.8 Å². The minimum Gasteiger partial charge on any atom is -0.437 e. The van der Waals surface area contributed by atoms with E-state index in [9.17, 15) is 0 Å². The zero-order chi connectivity index (χ0) is 16.1. The molecule has 0 spiro atoms. The Morgan fingerprint density at radius 3 is 2.30 bits per heavy atom. The summed E-state index contributed by atoms with van der Waals surface area (Å²) < 4.78 is 6.16. The third-order valence-electron chi connectivity index (χ3n) is 2.91. The van der Waals surface area contributed by atoms with E-state index in [2.05, 4.69) is 10.2 Å². The van der Waals surface area contributed by atoms with E-state index in [1.807, 2.05) is 60.7 Å². The van der Waals surface area contributed by atoms with E-state index in [1.54, 1.807) is 6.07 Å². The summed E-state index contributed by atoms with van der Waals surface area (Å²) in [5.41, 5.74) is 1.49. The van der Waals surface area contributed by atoms with Crippen molar-refractivity contribution in [3.05, 3.63) is 71.9 Å². The zero-order valence-corrected chi connectivity index (χ0v) is 14.2. The Kier molecular flexibility index (Phi) is 5.23. The molecule has 1 aromatic heterocycles. The molecule has 3 rings (SSSR count). The van der Waals surface area contributed by atoms with Crippen LogP contribution in [-0.2, 0) is 0 Å². The molecule has 0 atom stereocenters. The lowest BCUT2D eigenvalue weighted by Gasteiger charge is -2.10. The van der Waals surface area contributed by atoms with Crippen LogP contribution >= 0.6 is 35.6 Å². The van der Waals surface area contributed by atoms with Gasteiger partial charge in [-0.25, -0.2) is 0 Å². The maximum absolute atomic E-state index is 5.94. The summed E-state index contributed by atoms with van der Waals surface area (Å²) in [6, 6.07) is 21.0. The highest BCUT2D eigenvalue weighted by molar-refractivity contribution is 8.22. The number of benzene rings is 2. The molecule has 0 aliphatic heterocycles. The summed E-state index contributed by atoms with van der Waals surface area (Å²) in [6.45, 7) is 0. The monoisotopic (exact) mass is 358 g/mol. The number of hydrogen-bond donors (Lipinski definition) is 0. The second-order valence-electron chi connectivity index (χ2n) is 4.51. The van der Waals surface area contributed by atoms with Crippen molar-refractivity contribution in [1.29, 1.82) is 0 Å². The first-order valence-electron chi connectivity index (χ1n) is 6.76. The van der Waals surface area contributed by atoms with Gasteiger partial charge in [0.1, 0.15) is 5.69 Å². The summed E-state index contributed by atoms with van der Waals surface area (Å²) in [6.07, 6.45) is 0. The Bertz CT molecular complexity index is 813. The minimum atomic E-state index is 0.257. The third-order valence-corrected chi connectivity index (χ3v) is 4.19. The molecule has 3 aromatic rings. The van der Waals surface area contributed by atoms with Gasteiger partial charge in [0, 0.05) is 16.5 Å². The Morgan fingerprint density at radius 1 is 0.957 bits per heavy atom. The molecular weight excluding hydrogens is 348 g/mol. The molecule has 2 aromatic carbocycles. The van der Waals surface area contributed by atoms with Crippen LogP contribution in [0.15, 0.2) is 71.6 Å². The first-order valence-corrected chi connectivity index (χ1v) is 8.36. The lowest BCUT2D eigenvalue weighted by molar-refractivity contribution is 0.575. The van der Waals surface area contributed by atoms with Crippen molar-refractivity contribution in [1.82, 2.24) is 10.2 Å². The van der Waals surface area contributed by atoms with E-state index in [0.717, 1.165) is 10.5 Å². The zero-order valence-electron chi connectivity index (χ0n) is 11.8. The number of rotatable bonds is 3. The van der Waals surface area contributed by atoms with Gasteiger partial charge in [-0.05, 0) is 36.1 Å². The molecule has 0 radical (unpaired) electrons.